The Bertz CT molecular complexity index is 734. The highest BCUT2D eigenvalue weighted by molar-refractivity contribution is 5.89. The number of urea groups is 1. The second-order valence-electron chi connectivity index (χ2n) is 9.71. The molecular weight excluding hydrogens is 380 g/mol. The van der Waals surface area contributed by atoms with Gasteiger partial charge in [-0.15, -0.1) is 0 Å². The third-order valence-electron chi connectivity index (χ3n) is 5.06. The van der Waals surface area contributed by atoms with E-state index in [-0.39, 0.29) is 23.5 Å². The molecule has 1 N–H and O–H groups in total. The van der Waals surface area contributed by atoms with E-state index in [2.05, 4.69) is 26.1 Å². The third-order valence-corrected chi connectivity index (χ3v) is 5.06. The number of ether oxygens (including phenoxy) is 1. The van der Waals surface area contributed by atoms with Crippen LogP contribution in [0.25, 0.3) is 0 Å². The van der Waals surface area contributed by atoms with E-state index >= 15 is 0 Å². The molecule has 1 saturated heterocycles. The van der Waals surface area contributed by atoms with Crippen molar-refractivity contribution < 1.29 is 14.3 Å². The van der Waals surface area contributed by atoms with Crippen molar-refractivity contribution >= 4 is 23.3 Å². The molecule has 1 fully saturated rings. The van der Waals surface area contributed by atoms with Crippen LogP contribution in [0, 0.1) is 5.41 Å². The molecule has 1 aliphatic heterocycles. The first kappa shape index (κ1) is 24.0. The summed E-state index contributed by atoms with van der Waals surface area (Å²) in [5.41, 5.74) is 2.66. The summed E-state index contributed by atoms with van der Waals surface area (Å²) in [7, 11) is 7.38. The number of amides is 3. The predicted molar refractivity (Wildman–Crippen MR) is 122 cm³/mol. The highest BCUT2D eigenvalue weighted by Gasteiger charge is 2.26. The van der Waals surface area contributed by atoms with Gasteiger partial charge in [0.05, 0.1) is 6.10 Å². The molecule has 3 amide bonds. The van der Waals surface area contributed by atoms with E-state index in [9.17, 15) is 9.59 Å². The maximum Gasteiger partial charge on any atom is 0.321 e. The van der Waals surface area contributed by atoms with Gasteiger partial charge in [-0.05, 0) is 42.0 Å². The van der Waals surface area contributed by atoms with Gasteiger partial charge in [-0.25, -0.2) is 4.79 Å². The Morgan fingerprint density at radius 1 is 1.17 bits per heavy atom. The Labute approximate surface area is 181 Å². The number of carbonyl (C=O) groups excluding carboxylic acids is 2. The van der Waals surface area contributed by atoms with Crippen molar-refractivity contribution in [3.05, 3.63) is 23.8 Å². The Hall–Kier alpha value is -2.28. The topological polar surface area (TPSA) is 65.1 Å². The van der Waals surface area contributed by atoms with Gasteiger partial charge in [0.2, 0.25) is 5.91 Å². The maximum absolute atomic E-state index is 13.2. The van der Waals surface area contributed by atoms with Crippen molar-refractivity contribution in [1.29, 1.82) is 0 Å². The molecule has 2 rings (SSSR count). The number of nitrogens with one attached hydrogen (secondary N) is 1. The van der Waals surface area contributed by atoms with Gasteiger partial charge in [-0.1, -0.05) is 20.8 Å². The van der Waals surface area contributed by atoms with Crippen molar-refractivity contribution in [3.8, 4) is 0 Å². The normalized spacial score (nSPS) is 16.3. The zero-order chi connectivity index (χ0) is 22.5. The molecule has 1 aliphatic rings. The van der Waals surface area contributed by atoms with Crippen molar-refractivity contribution in [2.24, 2.45) is 5.41 Å². The highest BCUT2D eigenvalue weighted by Crippen LogP contribution is 2.27. The van der Waals surface area contributed by atoms with Crippen molar-refractivity contribution in [2.45, 2.75) is 52.7 Å². The molecule has 7 heteroatoms. The van der Waals surface area contributed by atoms with Crippen LogP contribution in [-0.4, -0.2) is 69.2 Å². The molecule has 1 heterocycles. The minimum Gasteiger partial charge on any atom is -0.377 e. The molecular formula is C23H38N4O3. The molecule has 168 valence electrons. The van der Waals surface area contributed by atoms with Gasteiger partial charge >= 0.3 is 6.03 Å². The quantitative estimate of drug-likeness (QED) is 0.732. The number of rotatable bonds is 7. The van der Waals surface area contributed by atoms with Crippen LogP contribution >= 0.6 is 0 Å². The zero-order valence-corrected chi connectivity index (χ0v) is 19.6. The van der Waals surface area contributed by atoms with E-state index in [1.54, 1.807) is 14.1 Å². The second kappa shape index (κ2) is 10.2. The molecule has 1 aromatic carbocycles. The summed E-state index contributed by atoms with van der Waals surface area (Å²) in [6.07, 6.45) is 2.60. The Morgan fingerprint density at radius 2 is 1.87 bits per heavy atom. The predicted octanol–water partition coefficient (Wildman–Crippen LogP) is 3.79. The molecule has 0 aromatic heterocycles. The number of anilines is 2. The molecule has 0 aliphatic carbocycles. The molecule has 0 radical (unpaired) electrons. The molecule has 1 aromatic rings. The van der Waals surface area contributed by atoms with E-state index in [0.717, 1.165) is 36.4 Å². The van der Waals surface area contributed by atoms with Gasteiger partial charge in [0.15, 0.2) is 0 Å². The Morgan fingerprint density at radius 3 is 2.40 bits per heavy atom. The van der Waals surface area contributed by atoms with Crippen molar-refractivity contribution in [3.63, 3.8) is 0 Å². The summed E-state index contributed by atoms with van der Waals surface area (Å²) in [5, 5.41) is 2.90. The Balaban J connectivity index is 2.30. The van der Waals surface area contributed by atoms with Gasteiger partial charge in [-0.3, -0.25) is 4.79 Å². The van der Waals surface area contributed by atoms with Gasteiger partial charge < -0.3 is 24.8 Å². The number of carbonyl (C=O) groups is 2. The largest absolute Gasteiger partial charge is 0.377 e. The summed E-state index contributed by atoms with van der Waals surface area (Å²) in [6.45, 7) is 8.08. The first-order valence-corrected chi connectivity index (χ1v) is 10.6. The van der Waals surface area contributed by atoms with Crippen LogP contribution in [0.4, 0.5) is 16.2 Å². The summed E-state index contributed by atoms with van der Waals surface area (Å²) < 4.78 is 5.81. The van der Waals surface area contributed by atoms with E-state index in [1.807, 2.05) is 42.1 Å². The van der Waals surface area contributed by atoms with Gasteiger partial charge in [0.1, 0.15) is 0 Å². The maximum atomic E-state index is 13.2. The monoisotopic (exact) mass is 418 g/mol. The fraction of sp³-hybridized carbons (Fsp3) is 0.652. The molecule has 0 bridgehead atoms. The highest BCUT2D eigenvalue weighted by atomic mass is 16.5. The zero-order valence-electron chi connectivity index (χ0n) is 19.6. The summed E-state index contributed by atoms with van der Waals surface area (Å²) in [5.74, 6) is 0.130. The van der Waals surface area contributed by atoms with Gasteiger partial charge in [0.25, 0.3) is 0 Å². The lowest BCUT2D eigenvalue weighted by Gasteiger charge is -2.30. The SMILES string of the molecule is CN(C)C(=O)Nc1ccc(N(C)C)c(CN(CC2CCCO2)C(=O)CC(C)(C)C)c1. The van der Waals surface area contributed by atoms with Crippen LogP contribution in [0.2, 0.25) is 0 Å². The summed E-state index contributed by atoms with van der Waals surface area (Å²) in [6, 6.07) is 5.66. The van der Waals surface area contributed by atoms with Crippen LogP contribution < -0.4 is 10.2 Å². The molecule has 0 saturated carbocycles. The fourth-order valence-electron chi connectivity index (χ4n) is 3.52. The number of hydrogen-bond donors (Lipinski definition) is 1. The molecule has 1 atom stereocenters. The van der Waals surface area contributed by atoms with Crippen molar-refractivity contribution in [2.75, 3.05) is 51.6 Å². The molecule has 1 unspecified atom stereocenters. The molecule has 7 nitrogen and oxygen atoms in total. The Kier molecular flexibility index (Phi) is 8.12. The number of benzene rings is 1. The second-order valence-corrected chi connectivity index (χ2v) is 9.71. The standard InChI is InChI=1S/C23H38N4O3/c1-23(2,3)14-21(28)27(16-19-9-8-12-30-19)15-17-13-18(24-22(29)26(6)7)10-11-20(17)25(4)5/h10-11,13,19H,8-9,12,14-16H2,1-7H3,(H,24,29). The first-order chi connectivity index (χ1) is 14.0. The molecule has 30 heavy (non-hydrogen) atoms. The minimum atomic E-state index is -0.182. The van der Waals surface area contributed by atoms with Crippen LogP contribution in [0.3, 0.4) is 0 Å². The molecule has 0 spiro atoms. The number of nitrogens with zero attached hydrogens (tertiary/aromatic N) is 3. The van der Waals surface area contributed by atoms with E-state index < -0.39 is 0 Å². The average molecular weight is 419 g/mol. The van der Waals surface area contributed by atoms with Crippen LogP contribution in [0.5, 0.6) is 0 Å². The fourth-order valence-corrected chi connectivity index (χ4v) is 3.52. The van der Waals surface area contributed by atoms with Crippen LogP contribution in [-0.2, 0) is 16.1 Å². The lowest BCUT2D eigenvalue weighted by molar-refractivity contribution is -0.135. The minimum absolute atomic E-state index is 0.0855. The van der Waals surface area contributed by atoms with Gasteiger partial charge in [0, 0.05) is 65.7 Å². The van der Waals surface area contributed by atoms with E-state index in [4.69, 9.17) is 4.74 Å². The van der Waals surface area contributed by atoms with E-state index in [0.29, 0.717) is 19.5 Å². The van der Waals surface area contributed by atoms with Crippen LogP contribution in [0.1, 0.15) is 45.6 Å². The first-order valence-electron chi connectivity index (χ1n) is 10.6. The van der Waals surface area contributed by atoms with Crippen molar-refractivity contribution in [1.82, 2.24) is 9.80 Å². The number of hydrogen-bond acceptors (Lipinski definition) is 4. The lowest BCUT2D eigenvalue weighted by atomic mass is 9.91. The summed E-state index contributed by atoms with van der Waals surface area (Å²) in [4.78, 5) is 30.7. The third kappa shape index (κ3) is 7.20. The lowest BCUT2D eigenvalue weighted by Crippen LogP contribution is -2.38. The van der Waals surface area contributed by atoms with Gasteiger partial charge in [-0.2, -0.15) is 0 Å². The van der Waals surface area contributed by atoms with Crippen LogP contribution in [0.15, 0.2) is 18.2 Å². The average Bonchev–Trinajstić information content (AvgIpc) is 3.12. The summed E-state index contributed by atoms with van der Waals surface area (Å²) >= 11 is 0. The van der Waals surface area contributed by atoms with E-state index in [1.165, 1.54) is 4.90 Å². The smallest absolute Gasteiger partial charge is 0.321 e.